The molecule has 2 aromatic carbocycles. The van der Waals surface area contributed by atoms with Gasteiger partial charge in [0.2, 0.25) is 0 Å². The number of halogens is 1. The number of carbonyl (C=O) groups excluding carboxylic acids is 1. The first-order valence-electron chi connectivity index (χ1n) is 8.48. The Morgan fingerprint density at radius 2 is 1.93 bits per heavy atom. The standard InChI is InChI=1S/C20H23BrN2O3S/c1-12(2)15-7-5-13(3)9-18(15)26-11-19(24)23-20(27)22-14-6-8-17(25-4)16(21)10-14/h5-10,12H,11H2,1-4H3,(H2,22,23,24,27). The van der Waals surface area contributed by atoms with Gasteiger partial charge in [0.25, 0.3) is 5.91 Å². The Hall–Kier alpha value is -2.12. The zero-order valence-corrected chi connectivity index (χ0v) is 18.2. The average molecular weight is 451 g/mol. The number of nitrogens with one attached hydrogen (secondary N) is 2. The number of aryl methyl sites for hydroxylation is 1. The van der Waals surface area contributed by atoms with Crippen molar-refractivity contribution in [3.8, 4) is 11.5 Å². The van der Waals surface area contributed by atoms with Crippen LogP contribution in [0.2, 0.25) is 0 Å². The van der Waals surface area contributed by atoms with E-state index in [1.165, 1.54) is 0 Å². The molecule has 0 aliphatic carbocycles. The lowest BCUT2D eigenvalue weighted by Gasteiger charge is -2.15. The van der Waals surface area contributed by atoms with Crippen molar-refractivity contribution in [3.63, 3.8) is 0 Å². The van der Waals surface area contributed by atoms with Gasteiger partial charge in [0.05, 0.1) is 11.6 Å². The van der Waals surface area contributed by atoms with Crippen LogP contribution >= 0.6 is 28.1 Å². The Labute approximate surface area is 173 Å². The summed E-state index contributed by atoms with van der Waals surface area (Å²) in [6, 6.07) is 11.4. The molecule has 0 fully saturated rings. The fraction of sp³-hybridized carbons (Fsp3) is 0.300. The summed E-state index contributed by atoms with van der Waals surface area (Å²) in [5, 5.41) is 5.78. The Morgan fingerprint density at radius 1 is 1.19 bits per heavy atom. The largest absolute Gasteiger partial charge is 0.496 e. The summed E-state index contributed by atoms with van der Waals surface area (Å²) in [6.07, 6.45) is 0. The average Bonchev–Trinajstić information content (AvgIpc) is 2.59. The van der Waals surface area contributed by atoms with Gasteiger partial charge in [-0.2, -0.15) is 0 Å². The third-order valence-corrected chi connectivity index (χ3v) is 4.64. The molecular weight excluding hydrogens is 428 g/mol. The van der Waals surface area contributed by atoms with E-state index in [0.717, 1.165) is 27.0 Å². The first-order valence-corrected chi connectivity index (χ1v) is 9.68. The van der Waals surface area contributed by atoms with Gasteiger partial charge in [0.15, 0.2) is 11.7 Å². The molecule has 5 nitrogen and oxygen atoms in total. The maximum Gasteiger partial charge on any atom is 0.264 e. The number of methoxy groups -OCH3 is 1. The highest BCUT2D eigenvalue weighted by Crippen LogP contribution is 2.28. The monoisotopic (exact) mass is 450 g/mol. The van der Waals surface area contributed by atoms with E-state index in [9.17, 15) is 4.79 Å². The van der Waals surface area contributed by atoms with Gasteiger partial charge < -0.3 is 14.8 Å². The van der Waals surface area contributed by atoms with Crippen molar-refractivity contribution >= 4 is 44.9 Å². The zero-order chi connectivity index (χ0) is 20.0. The number of amides is 1. The van der Waals surface area contributed by atoms with Crippen molar-refractivity contribution in [2.45, 2.75) is 26.7 Å². The van der Waals surface area contributed by atoms with Crippen LogP contribution in [0.3, 0.4) is 0 Å². The first-order chi connectivity index (χ1) is 12.8. The normalized spacial score (nSPS) is 10.4. The second-order valence-corrected chi connectivity index (χ2v) is 7.60. The maximum absolute atomic E-state index is 12.2. The molecule has 0 aliphatic rings. The van der Waals surface area contributed by atoms with Crippen molar-refractivity contribution in [1.82, 2.24) is 5.32 Å². The molecule has 0 heterocycles. The first kappa shape index (κ1) is 21.2. The highest BCUT2D eigenvalue weighted by atomic mass is 79.9. The summed E-state index contributed by atoms with van der Waals surface area (Å²) in [7, 11) is 1.59. The van der Waals surface area contributed by atoms with E-state index >= 15 is 0 Å². The minimum atomic E-state index is -0.323. The Balaban J connectivity index is 1.91. The van der Waals surface area contributed by atoms with Gasteiger partial charge in [-0.25, -0.2) is 0 Å². The number of hydrogen-bond donors (Lipinski definition) is 2. The highest BCUT2D eigenvalue weighted by Gasteiger charge is 2.11. The fourth-order valence-corrected chi connectivity index (χ4v) is 3.23. The maximum atomic E-state index is 12.2. The second kappa shape index (κ2) is 9.71. The van der Waals surface area contributed by atoms with Crippen LogP contribution in [-0.4, -0.2) is 24.7 Å². The molecule has 0 bridgehead atoms. The zero-order valence-electron chi connectivity index (χ0n) is 15.8. The van der Waals surface area contributed by atoms with Gasteiger partial charge in [0, 0.05) is 5.69 Å². The Morgan fingerprint density at radius 3 is 2.56 bits per heavy atom. The summed E-state index contributed by atoms with van der Waals surface area (Å²) >= 11 is 8.60. The minimum absolute atomic E-state index is 0.114. The van der Waals surface area contributed by atoms with Crippen molar-refractivity contribution in [3.05, 3.63) is 52.0 Å². The summed E-state index contributed by atoms with van der Waals surface area (Å²) in [5.74, 6) is 1.41. The predicted molar refractivity (Wildman–Crippen MR) is 116 cm³/mol. The number of anilines is 1. The summed E-state index contributed by atoms with van der Waals surface area (Å²) in [4.78, 5) is 12.2. The van der Waals surface area contributed by atoms with Crippen molar-refractivity contribution in [1.29, 1.82) is 0 Å². The number of hydrogen-bond acceptors (Lipinski definition) is 4. The van der Waals surface area contributed by atoms with E-state index < -0.39 is 0 Å². The lowest BCUT2D eigenvalue weighted by Crippen LogP contribution is -2.37. The van der Waals surface area contributed by atoms with Crippen LogP contribution in [0, 0.1) is 6.92 Å². The molecule has 0 aliphatic heterocycles. The third-order valence-electron chi connectivity index (χ3n) is 3.81. The smallest absolute Gasteiger partial charge is 0.264 e. The summed E-state index contributed by atoms with van der Waals surface area (Å²) in [6.45, 7) is 6.05. The van der Waals surface area contributed by atoms with E-state index in [2.05, 4.69) is 40.4 Å². The lowest BCUT2D eigenvalue weighted by atomic mass is 10.0. The fourth-order valence-electron chi connectivity index (χ4n) is 2.46. The van der Waals surface area contributed by atoms with Crippen LogP contribution in [0.1, 0.15) is 30.9 Å². The molecule has 2 N–H and O–H groups in total. The topological polar surface area (TPSA) is 59.6 Å². The quantitative estimate of drug-likeness (QED) is 0.619. The Kier molecular flexibility index (Phi) is 7.62. The van der Waals surface area contributed by atoms with Gasteiger partial charge in [0.1, 0.15) is 11.5 Å². The molecule has 0 unspecified atom stereocenters. The number of carbonyl (C=O) groups is 1. The van der Waals surface area contributed by atoms with Crippen LogP contribution in [-0.2, 0) is 4.79 Å². The van der Waals surface area contributed by atoms with E-state index in [1.54, 1.807) is 19.2 Å². The van der Waals surface area contributed by atoms with E-state index in [1.807, 2.05) is 31.2 Å². The summed E-state index contributed by atoms with van der Waals surface area (Å²) in [5.41, 5.74) is 2.88. The molecule has 0 radical (unpaired) electrons. The van der Waals surface area contributed by atoms with Crippen molar-refractivity contribution in [2.24, 2.45) is 0 Å². The van der Waals surface area contributed by atoms with Gasteiger partial charge in [-0.15, -0.1) is 0 Å². The van der Waals surface area contributed by atoms with E-state index in [0.29, 0.717) is 11.7 Å². The minimum Gasteiger partial charge on any atom is -0.496 e. The molecule has 2 aromatic rings. The van der Waals surface area contributed by atoms with Crippen molar-refractivity contribution in [2.75, 3.05) is 19.0 Å². The third kappa shape index (κ3) is 6.22. The molecule has 1 amide bonds. The lowest BCUT2D eigenvalue weighted by molar-refractivity contribution is -0.121. The SMILES string of the molecule is COc1ccc(NC(=S)NC(=O)COc2cc(C)ccc2C(C)C)cc1Br. The molecule has 0 spiro atoms. The number of rotatable bonds is 6. The number of thiocarbonyl (C=S) groups is 1. The van der Waals surface area contributed by atoms with Crippen LogP contribution in [0.25, 0.3) is 0 Å². The van der Waals surface area contributed by atoms with E-state index in [4.69, 9.17) is 21.7 Å². The molecule has 27 heavy (non-hydrogen) atoms. The predicted octanol–water partition coefficient (Wildman–Crippen LogP) is 4.78. The second-order valence-electron chi connectivity index (χ2n) is 6.34. The molecule has 2 rings (SSSR count). The van der Waals surface area contributed by atoms with Gasteiger partial charge in [-0.05, 0) is 76.4 Å². The molecule has 0 saturated carbocycles. The number of benzene rings is 2. The van der Waals surface area contributed by atoms with Crippen LogP contribution in [0.15, 0.2) is 40.9 Å². The van der Waals surface area contributed by atoms with Gasteiger partial charge in [-0.1, -0.05) is 26.0 Å². The van der Waals surface area contributed by atoms with Crippen molar-refractivity contribution < 1.29 is 14.3 Å². The van der Waals surface area contributed by atoms with Crippen LogP contribution < -0.4 is 20.1 Å². The van der Waals surface area contributed by atoms with Crippen LogP contribution in [0.5, 0.6) is 11.5 Å². The summed E-state index contributed by atoms with van der Waals surface area (Å²) < 4.78 is 11.7. The highest BCUT2D eigenvalue weighted by molar-refractivity contribution is 9.10. The van der Waals surface area contributed by atoms with Gasteiger partial charge in [-0.3, -0.25) is 10.1 Å². The Bertz CT molecular complexity index is 840. The number of ether oxygens (including phenoxy) is 2. The van der Waals surface area contributed by atoms with Crippen LogP contribution in [0.4, 0.5) is 5.69 Å². The molecule has 7 heteroatoms. The molecule has 0 saturated heterocycles. The molecular formula is C20H23BrN2O3S. The molecule has 0 aromatic heterocycles. The van der Waals surface area contributed by atoms with E-state index in [-0.39, 0.29) is 17.6 Å². The molecule has 0 atom stereocenters. The molecule has 144 valence electrons. The van der Waals surface area contributed by atoms with Gasteiger partial charge >= 0.3 is 0 Å².